The molecule has 22 heavy (non-hydrogen) atoms. The summed E-state index contributed by atoms with van der Waals surface area (Å²) in [5.74, 6) is 0.518. The summed E-state index contributed by atoms with van der Waals surface area (Å²) in [7, 11) is -2.03. The quantitative estimate of drug-likeness (QED) is 0.671. The van der Waals surface area contributed by atoms with Crippen LogP contribution >= 0.6 is 0 Å². The van der Waals surface area contributed by atoms with Gasteiger partial charge in [0.25, 0.3) is 5.69 Å². The number of anilines is 2. The van der Waals surface area contributed by atoms with Crippen LogP contribution in [0.5, 0.6) is 5.75 Å². The highest BCUT2D eigenvalue weighted by Gasteiger charge is 2.19. The van der Waals surface area contributed by atoms with Gasteiger partial charge in [0.2, 0.25) is 0 Å². The second-order valence-electron chi connectivity index (χ2n) is 4.53. The molecule has 0 bridgehead atoms. The van der Waals surface area contributed by atoms with E-state index >= 15 is 0 Å². The lowest BCUT2D eigenvalue weighted by atomic mass is 10.2. The second-order valence-corrected chi connectivity index (χ2v) is 6.55. The number of para-hydroxylation sites is 2. The monoisotopic (exact) mass is 322 g/mol. The van der Waals surface area contributed by atoms with Crippen molar-refractivity contribution in [3.05, 3.63) is 52.6 Å². The lowest BCUT2D eigenvalue weighted by Crippen LogP contribution is -2.02. The molecule has 0 saturated carbocycles. The summed E-state index contributed by atoms with van der Waals surface area (Å²) in [6.45, 7) is 0. The molecule has 116 valence electrons. The molecule has 0 spiro atoms. The van der Waals surface area contributed by atoms with E-state index in [4.69, 9.17) is 4.74 Å². The Kier molecular flexibility index (Phi) is 4.32. The third-order valence-corrected chi connectivity index (χ3v) is 4.08. The van der Waals surface area contributed by atoms with E-state index in [0.717, 1.165) is 12.3 Å². The molecule has 8 heteroatoms. The van der Waals surface area contributed by atoms with Crippen molar-refractivity contribution in [3.8, 4) is 5.75 Å². The molecule has 0 saturated heterocycles. The van der Waals surface area contributed by atoms with Crippen LogP contribution in [0.15, 0.2) is 47.4 Å². The average molecular weight is 322 g/mol. The van der Waals surface area contributed by atoms with Gasteiger partial charge in [-0.05, 0) is 24.3 Å². The van der Waals surface area contributed by atoms with Gasteiger partial charge in [0.1, 0.15) is 11.4 Å². The van der Waals surface area contributed by atoms with Crippen LogP contribution in [0.3, 0.4) is 0 Å². The maximum absolute atomic E-state index is 11.5. The zero-order valence-corrected chi connectivity index (χ0v) is 12.8. The van der Waals surface area contributed by atoms with Crippen molar-refractivity contribution in [2.24, 2.45) is 0 Å². The standard InChI is InChI=1S/C14H14N2O5S/c1-21-14-6-4-3-5-12(14)15-11-8-7-10(22(2,19)20)9-13(11)16(17)18/h3-9,15H,1-2H3. The summed E-state index contributed by atoms with van der Waals surface area (Å²) in [6, 6.07) is 10.6. The molecular weight excluding hydrogens is 308 g/mol. The molecule has 7 nitrogen and oxygen atoms in total. The molecule has 0 radical (unpaired) electrons. The van der Waals surface area contributed by atoms with Crippen molar-refractivity contribution in [1.29, 1.82) is 0 Å². The van der Waals surface area contributed by atoms with E-state index in [-0.39, 0.29) is 16.3 Å². The average Bonchev–Trinajstić information content (AvgIpc) is 2.46. The van der Waals surface area contributed by atoms with E-state index in [1.54, 1.807) is 24.3 Å². The van der Waals surface area contributed by atoms with E-state index in [9.17, 15) is 18.5 Å². The van der Waals surface area contributed by atoms with Gasteiger partial charge in [0.15, 0.2) is 9.84 Å². The van der Waals surface area contributed by atoms with Crippen LogP contribution in [0.4, 0.5) is 17.1 Å². The van der Waals surface area contributed by atoms with Crippen LogP contribution in [0.2, 0.25) is 0 Å². The highest BCUT2D eigenvalue weighted by molar-refractivity contribution is 7.90. The highest BCUT2D eigenvalue weighted by atomic mass is 32.2. The first-order chi connectivity index (χ1) is 10.3. The zero-order valence-electron chi connectivity index (χ0n) is 11.9. The first-order valence-electron chi connectivity index (χ1n) is 6.21. The molecule has 2 aromatic rings. The number of benzene rings is 2. The van der Waals surface area contributed by atoms with Gasteiger partial charge < -0.3 is 10.1 Å². The van der Waals surface area contributed by atoms with Crippen LogP contribution in [-0.4, -0.2) is 26.7 Å². The summed E-state index contributed by atoms with van der Waals surface area (Å²) in [5.41, 5.74) is 0.399. The molecular formula is C14H14N2O5S. The van der Waals surface area contributed by atoms with Crippen molar-refractivity contribution >= 4 is 26.9 Å². The molecule has 2 rings (SSSR count). The van der Waals surface area contributed by atoms with E-state index in [1.807, 2.05) is 0 Å². The fourth-order valence-corrected chi connectivity index (χ4v) is 2.53. The number of nitro benzene ring substituents is 1. The van der Waals surface area contributed by atoms with Crippen molar-refractivity contribution in [2.45, 2.75) is 4.90 Å². The number of hydrogen-bond acceptors (Lipinski definition) is 6. The third kappa shape index (κ3) is 3.34. The molecule has 0 unspecified atom stereocenters. The Morgan fingerprint density at radius 3 is 2.41 bits per heavy atom. The molecule has 0 heterocycles. The number of nitro groups is 1. The fraction of sp³-hybridized carbons (Fsp3) is 0.143. The topological polar surface area (TPSA) is 98.5 Å². The number of nitrogens with zero attached hydrogens (tertiary/aromatic N) is 1. The minimum Gasteiger partial charge on any atom is -0.495 e. The maximum atomic E-state index is 11.5. The second kappa shape index (κ2) is 6.02. The third-order valence-electron chi connectivity index (χ3n) is 2.97. The minimum atomic E-state index is -3.52. The Morgan fingerprint density at radius 2 is 1.82 bits per heavy atom. The molecule has 0 aliphatic heterocycles. The van der Waals surface area contributed by atoms with E-state index < -0.39 is 14.8 Å². The van der Waals surface area contributed by atoms with Gasteiger partial charge in [0.05, 0.1) is 22.6 Å². The predicted octanol–water partition coefficient (Wildman–Crippen LogP) is 2.75. The zero-order chi connectivity index (χ0) is 16.3. The maximum Gasteiger partial charge on any atom is 0.293 e. The van der Waals surface area contributed by atoms with Gasteiger partial charge in [-0.3, -0.25) is 10.1 Å². The first-order valence-corrected chi connectivity index (χ1v) is 8.10. The number of nitrogens with one attached hydrogen (secondary N) is 1. The Balaban J connectivity index is 2.49. The minimum absolute atomic E-state index is 0.107. The summed E-state index contributed by atoms with van der Waals surface area (Å²) < 4.78 is 28.2. The Hall–Kier alpha value is -2.61. The Labute approximate surface area is 127 Å². The summed E-state index contributed by atoms with van der Waals surface area (Å²) >= 11 is 0. The largest absolute Gasteiger partial charge is 0.495 e. The number of rotatable bonds is 5. The van der Waals surface area contributed by atoms with E-state index in [0.29, 0.717) is 11.4 Å². The molecule has 1 N–H and O–H groups in total. The summed E-state index contributed by atoms with van der Waals surface area (Å²) in [6.07, 6.45) is 0.999. The molecule has 0 amide bonds. The van der Waals surface area contributed by atoms with Crippen LogP contribution in [-0.2, 0) is 9.84 Å². The van der Waals surface area contributed by atoms with Crippen LogP contribution in [0.25, 0.3) is 0 Å². The first kappa shape index (κ1) is 15.8. The SMILES string of the molecule is COc1ccccc1Nc1ccc(S(C)(=O)=O)cc1[N+](=O)[O-]. The van der Waals surface area contributed by atoms with Gasteiger partial charge in [-0.15, -0.1) is 0 Å². The Morgan fingerprint density at radius 1 is 1.14 bits per heavy atom. The number of hydrogen-bond donors (Lipinski definition) is 1. The molecule has 0 fully saturated rings. The lowest BCUT2D eigenvalue weighted by Gasteiger charge is -2.11. The molecule has 0 aliphatic carbocycles. The van der Waals surface area contributed by atoms with Crippen LogP contribution < -0.4 is 10.1 Å². The number of sulfone groups is 1. The highest BCUT2D eigenvalue weighted by Crippen LogP contribution is 2.33. The molecule has 0 aromatic heterocycles. The molecule has 0 atom stereocenters. The van der Waals surface area contributed by atoms with Crippen molar-refractivity contribution in [1.82, 2.24) is 0 Å². The van der Waals surface area contributed by atoms with Crippen molar-refractivity contribution < 1.29 is 18.1 Å². The van der Waals surface area contributed by atoms with E-state index in [2.05, 4.69) is 5.32 Å². The molecule has 0 aliphatic rings. The summed E-state index contributed by atoms with van der Waals surface area (Å²) in [5, 5.41) is 14.1. The molecule has 2 aromatic carbocycles. The normalized spacial score (nSPS) is 11.0. The van der Waals surface area contributed by atoms with Gasteiger partial charge >= 0.3 is 0 Å². The Bertz CT molecular complexity index is 818. The predicted molar refractivity (Wildman–Crippen MR) is 82.5 cm³/mol. The smallest absolute Gasteiger partial charge is 0.293 e. The van der Waals surface area contributed by atoms with Gasteiger partial charge in [-0.25, -0.2) is 8.42 Å². The van der Waals surface area contributed by atoms with Gasteiger partial charge in [-0.2, -0.15) is 0 Å². The lowest BCUT2D eigenvalue weighted by molar-refractivity contribution is -0.384. The van der Waals surface area contributed by atoms with Crippen molar-refractivity contribution in [2.75, 3.05) is 18.7 Å². The van der Waals surface area contributed by atoms with Crippen LogP contribution in [0.1, 0.15) is 0 Å². The van der Waals surface area contributed by atoms with Crippen LogP contribution in [0, 0.1) is 10.1 Å². The number of ether oxygens (including phenoxy) is 1. The summed E-state index contributed by atoms with van der Waals surface area (Å²) in [4.78, 5) is 10.4. The fourth-order valence-electron chi connectivity index (χ4n) is 1.89. The van der Waals surface area contributed by atoms with Gasteiger partial charge in [0, 0.05) is 12.3 Å². The van der Waals surface area contributed by atoms with E-state index in [1.165, 1.54) is 19.2 Å². The van der Waals surface area contributed by atoms with Crippen molar-refractivity contribution in [3.63, 3.8) is 0 Å². The van der Waals surface area contributed by atoms with Gasteiger partial charge in [-0.1, -0.05) is 12.1 Å². The number of methoxy groups -OCH3 is 1.